The van der Waals surface area contributed by atoms with Crippen molar-refractivity contribution in [1.82, 2.24) is 4.98 Å². The van der Waals surface area contributed by atoms with E-state index in [1.165, 1.54) is 6.07 Å². The molecule has 1 aromatic heterocycles. The standard InChI is InChI=1S/C12H18N2O4S/c1-12(2,3)18-10-7-6-9(17-8-4-5-8)11(14-10)19(13,15)16/h6-8H,4-5H2,1-3H3,(H2,13,15,16). The molecule has 0 bridgehead atoms. The van der Waals surface area contributed by atoms with E-state index in [2.05, 4.69) is 4.98 Å². The van der Waals surface area contributed by atoms with E-state index in [9.17, 15) is 8.42 Å². The first-order chi connectivity index (χ1) is 8.65. The molecular weight excluding hydrogens is 268 g/mol. The van der Waals surface area contributed by atoms with Crippen LogP contribution >= 0.6 is 0 Å². The van der Waals surface area contributed by atoms with Gasteiger partial charge in [0.05, 0.1) is 6.10 Å². The Bertz CT molecular complexity index is 574. The molecule has 7 heteroatoms. The van der Waals surface area contributed by atoms with Crippen molar-refractivity contribution in [2.75, 3.05) is 0 Å². The molecule has 0 spiro atoms. The lowest BCUT2D eigenvalue weighted by Gasteiger charge is -2.21. The van der Waals surface area contributed by atoms with Gasteiger partial charge in [0.25, 0.3) is 10.0 Å². The van der Waals surface area contributed by atoms with Crippen LogP contribution in [0, 0.1) is 0 Å². The van der Waals surface area contributed by atoms with E-state index in [1.807, 2.05) is 20.8 Å². The number of aromatic nitrogens is 1. The summed E-state index contributed by atoms with van der Waals surface area (Å²) in [7, 11) is -3.95. The molecule has 106 valence electrons. The van der Waals surface area contributed by atoms with Crippen molar-refractivity contribution in [3.8, 4) is 11.6 Å². The van der Waals surface area contributed by atoms with Crippen LogP contribution in [0.4, 0.5) is 0 Å². The molecule has 6 nitrogen and oxygen atoms in total. The minimum absolute atomic E-state index is 0.0664. The Kier molecular flexibility index (Phi) is 3.44. The number of ether oxygens (including phenoxy) is 2. The summed E-state index contributed by atoms with van der Waals surface area (Å²) in [5.41, 5.74) is -0.471. The molecule has 1 heterocycles. The third kappa shape index (κ3) is 4.07. The number of nitrogens with zero attached hydrogens (tertiary/aromatic N) is 1. The molecule has 0 radical (unpaired) electrons. The Morgan fingerprint density at radius 2 is 1.95 bits per heavy atom. The lowest BCUT2D eigenvalue weighted by Crippen LogP contribution is -2.24. The van der Waals surface area contributed by atoms with Gasteiger partial charge in [-0.25, -0.2) is 13.6 Å². The number of rotatable bonds is 4. The van der Waals surface area contributed by atoms with Gasteiger partial charge in [0.15, 0.2) is 5.75 Å². The van der Waals surface area contributed by atoms with Crippen molar-refractivity contribution in [3.63, 3.8) is 0 Å². The Hall–Kier alpha value is -1.34. The summed E-state index contributed by atoms with van der Waals surface area (Å²) in [6, 6.07) is 3.11. The molecule has 0 saturated heterocycles. The second kappa shape index (κ2) is 4.64. The van der Waals surface area contributed by atoms with Gasteiger partial charge in [-0.2, -0.15) is 4.98 Å². The van der Waals surface area contributed by atoms with E-state index in [0.29, 0.717) is 0 Å². The highest BCUT2D eigenvalue weighted by molar-refractivity contribution is 7.89. The average molecular weight is 286 g/mol. The fourth-order valence-electron chi connectivity index (χ4n) is 1.44. The molecule has 2 rings (SSSR count). The fourth-order valence-corrected chi connectivity index (χ4v) is 2.05. The Balaban J connectivity index is 2.35. The number of primary sulfonamides is 1. The molecule has 1 saturated carbocycles. The molecule has 0 unspecified atom stereocenters. The lowest BCUT2D eigenvalue weighted by atomic mass is 10.2. The first kappa shape index (κ1) is 14.1. The molecule has 1 aliphatic carbocycles. The maximum absolute atomic E-state index is 11.6. The highest BCUT2D eigenvalue weighted by atomic mass is 32.2. The highest BCUT2D eigenvalue weighted by Crippen LogP contribution is 2.31. The maximum atomic E-state index is 11.6. The number of pyridine rings is 1. The van der Waals surface area contributed by atoms with Gasteiger partial charge < -0.3 is 9.47 Å². The molecule has 1 fully saturated rings. The predicted molar refractivity (Wildman–Crippen MR) is 69.6 cm³/mol. The van der Waals surface area contributed by atoms with E-state index in [0.717, 1.165) is 12.8 Å². The highest BCUT2D eigenvalue weighted by Gasteiger charge is 2.28. The van der Waals surface area contributed by atoms with Crippen LogP contribution in [0.1, 0.15) is 33.6 Å². The average Bonchev–Trinajstić information content (AvgIpc) is 3.00. The van der Waals surface area contributed by atoms with Gasteiger partial charge in [0.2, 0.25) is 10.9 Å². The second-order valence-electron chi connectivity index (χ2n) is 5.53. The fraction of sp³-hybridized carbons (Fsp3) is 0.583. The Labute approximate surface area is 113 Å². The summed E-state index contributed by atoms with van der Waals surface area (Å²) in [6.45, 7) is 5.54. The van der Waals surface area contributed by atoms with Crippen LogP contribution in [0.5, 0.6) is 11.6 Å². The van der Waals surface area contributed by atoms with Crippen molar-refractivity contribution in [3.05, 3.63) is 12.1 Å². The predicted octanol–water partition coefficient (Wildman–Crippen LogP) is 1.45. The molecule has 0 atom stereocenters. The van der Waals surface area contributed by atoms with Crippen molar-refractivity contribution < 1.29 is 17.9 Å². The summed E-state index contributed by atoms with van der Waals surface area (Å²) in [5, 5.41) is 4.88. The summed E-state index contributed by atoms with van der Waals surface area (Å²) in [5.74, 6) is 0.394. The van der Waals surface area contributed by atoms with Crippen LogP contribution in [-0.4, -0.2) is 25.1 Å². The topological polar surface area (TPSA) is 91.5 Å². The van der Waals surface area contributed by atoms with Crippen LogP contribution in [0.2, 0.25) is 0 Å². The van der Waals surface area contributed by atoms with Crippen LogP contribution in [-0.2, 0) is 10.0 Å². The van der Waals surface area contributed by atoms with E-state index in [4.69, 9.17) is 14.6 Å². The third-order valence-electron chi connectivity index (χ3n) is 2.30. The maximum Gasteiger partial charge on any atom is 0.259 e. The normalized spacial score (nSPS) is 16.2. The first-order valence-electron chi connectivity index (χ1n) is 6.05. The molecule has 0 aromatic carbocycles. The largest absolute Gasteiger partial charge is 0.487 e. The smallest absolute Gasteiger partial charge is 0.259 e. The minimum atomic E-state index is -3.95. The van der Waals surface area contributed by atoms with Gasteiger partial charge in [-0.1, -0.05) is 0 Å². The SMILES string of the molecule is CC(C)(C)Oc1ccc(OC2CC2)c(S(N)(=O)=O)n1. The minimum Gasteiger partial charge on any atom is -0.487 e. The molecule has 2 N–H and O–H groups in total. The van der Waals surface area contributed by atoms with E-state index >= 15 is 0 Å². The first-order valence-corrected chi connectivity index (χ1v) is 7.59. The van der Waals surface area contributed by atoms with Crippen molar-refractivity contribution in [2.45, 2.75) is 50.3 Å². The number of nitrogens with two attached hydrogens (primary N) is 1. The van der Waals surface area contributed by atoms with Crippen molar-refractivity contribution in [1.29, 1.82) is 0 Å². The summed E-state index contributed by atoms with van der Waals surface area (Å²) in [4.78, 5) is 3.95. The molecule has 19 heavy (non-hydrogen) atoms. The molecular formula is C12H18N2O4S. The molecule has 1 aliphatic rings. The molecule has 0 amide bonds. The Morgan fingerprint density at radius 1 is 1.32 bits per heavy atom. The zero-order valence-electron chi connectivity index (χ0n) is 11.2. The van der Waals surface area contributed by atoms with Gasteiger partial charge in [-0.15, -0.1) is 0 Å². The number of hydrogen-bond donors (Lipinski definition) is 1. The van der Waals surface area contributed by atoms with E-state index in [-0.39, 0.29) is 22.8 Å². The Morgan fingerprint density at radius 3 is 2.42 bits per heavy atom. The van der Waals surface area contributed by atoms with Gasteiger partial charge in [0, 0.05) is 6.07 Å². The van der Waals surface area contributed by atoms with Crippen LogP contribution in [0.25, 0.3) is 0 Å². The second-order valence-corrected chi connectivity index (χ2v) is 7.01. The van der Waals surface area contributed by atoms with Gasteiger partial charge in [-0.3, -0.25) is 0 Å². The van der Waals surface area contributed by atoms with Crippen LogP contribution in [0.15, 0.2) is 17.2 Å². The summed E-state index contributed by atoms with van der Waals surface area (Å²) in [6.07, 6.45) is 1.91. The number of sulfonamides is 1. The van der Waals surface area contributed by atoms with E-state index in [1.54, 1.807) is 6.07 Å². The lowest BCUT2D eigenvalue weighted by molar-refractivity contribution is 0.122. The van der Waals surface area contributed by atoms with E-state index < -0.39 is 15.6 Å². The van der Waals surface area contributed by atoms with Crippen LogP contribution < -0.4 is 14.6 Å². The van der Waals surface area contributed by atoms with Gasteiger partial charge in [0.1, 0.15) is 5.60 Å². The number of hydrogen-bond acceptors (Lipinski definition) is 5. The quantitative estimate of drug-likeness (QED) is 0.904. The molecule has 1 aromatic rings. The third-order valence-corrected chi connectivity index (χ3v) is 3.13. The van der Waals surface area contributed by atoms with Gasteiger partial charge >= 0.3 is 0 Å². The monoisotopic (exact) mass is 286 g/mol. The zero-order valence-corrected chi connectivity index (χ0v) is 12.0. The zero-order chi connectivity index (χ0) is 14.3. The summed E-state index contributed by atoms with van der Waals surface area (Å²) >= 11 is 0. The van der Waals surface area contributed by atoms with Crippen molar-refractivity contribution in [2.24, 2.45) is 5.14 Å². The van der Waals surface area contributed by atoms with Crippen LogP contribution in [0.3, 0.4) is 0 Å². The summed E-state index contributed by atoms with van der Waals surface area (Å²) < 4.78 is 34.1. The van der Waals surface area contributed by atoms with Crippen molar-refractivity contribution >= 4 is 10.0 Å². The molecule has 0 aliphatic heterocycles. The van der Waals surface area contributed by atoms with Gasteiger partial charge in [-0.05, 0) is 39.7 Å².